The van der Waals surface area contributed by atoms with Crippen molar-refractivity contribution in [1.29, 1.82) is 0 Å². The van der Waals surface area contributed by atoms with Crippen LogP contribution in [0.5, 0.6) is 0 Å². The molecular weight excluding hydrogens is 226 g/mol. The Morgan fingerprint density at radius 1 is 1.39 bits per heavy atom. The summed E-state index contributed by atoms with van der Waals surface area (Å²) in [7, 11) is 1.65. The van der Waals surface area contributed by atoms with E-state index in [9.17, 15) is 4.79 Å². The van der Waals surface area contributed by atoms with Crippen LogP contribution in [0.2, 0.25) is 0 Å². The van der Waals surface area contributed by atoms with Crippen molar-refractivity contribution in [1.82, 2.24) is 5.32 Å². The van der Waals surface area contributed by atoms with Gasteiger partial charge in [-0.2, -0.15) is 0 Å². The van der Waals surface area contributed by atoms with Crippen molar-refractivity contribution >= 4 is 5.91 Å². The van der Waals surface area contributed by atoms with Gasteiger partial charge in [0.1, 0.15) is 0 Å². The molecule has 0 saturated carbocycles. The summed E-state index contributed by atoms with van der Waals surface area (Å²) in [6, 6.07) is 8.22. The molecule has 0 unspecified atom stereocenters. The van der Waals surface area contributed by atoms with E-state index in [4.69, 9.17) is 4.74 Å². The number of rotatable bonds is 6. The number of benzene rings is 1. The molecule has 0 fully saturated rings. The first kappa shape index (κ1) is 14.7. The molecule has 0 saturated heterocycles. The highest BCUT2D eigenvalue weighted by Gasteiger charge is 2.22. The Morgan fingerprint density at radius 2 is 2.11 bits per heavy atom. The number of aryl methyl sites for hydroxylation is 1. The lowest BCUT2D eigenvalue weighted by Crippen LogP contribution is -2.41. The second kappa shape index (κ2) is 6.55. The Kier molecular flexibility index (Phi) is 5.35. The van der Waals surface area contributed by atoms with Crippen LogP contribution in [0.1, 0.15) is 37.8 Å². The molecule has 0 radical (unpaired) electrons. The van der Waals surface area contributed by atoms with E-state index in [0.29, 0.717) is 13.0 Å². The fourth-order valence-corrected chi connectivity index (χ4v) is 1.89. The van der Waals surface area contributed by atoms with Gasteiger partial charge in [0.2, 0.25) is 5.91 Å². The Bertz CT molecular complexity index is 399. The first-order chi connectivity index (χ1) is 8.45. The zero-order valence-electron chi connectivity index (χ0n) is 11.7. The molecule has 0 spiro atoms. The first-order valence-electron chi connectivity index (χ1n) is 6.33. The molecule has 1 amide bonds. The molecule has 0 bridgehead atoms. The molecule has 1 N–H and O–H groups in total. The van der Waals surface area contributed by atoms with Gasteiger partial charge >= 0.3 is 0 Å². The molecule has 100 valence electrons. The summed E-state index contributed by atoms with van der Waals surface area (Å²) in [4.78, 5) is 11.8. The van der Waals surface area contributed by atoms with Crippen molar-refractivity contribution in [3.05, 3.63) is 35.4 Å². The quantitative estimate of drug-likeness (QED) is 0.787. The number of hydrogen-bond acceptors (Lipinski definition) is 2. The summed E-state index contributed by atoms with van der Waals surface area (Å²) >= 11 is 0. The van der Waals surface area contributed by atoms with Crippen LogP contribution in [0.15, 0.2) is 24.3 Å². The van der Waals surface area contributed by atoms with E-state index in [0.717, 1.165) is 12.0 Å². The van der Waals surface area contributed by atoms with E-state index in [1.807, 2.05) is 26.0 Å². The van der Waals surface area contributed by atoms with E-state index in [-0.39, 0.29) is 11.4 Å². The van der Waals surface area contributed by atoms with Gasteiger partial charge in [0, 0.05) is 20.1 Å². The maximum Gasteiger partial charge on any atom is 0.220 e. The van der Waals surface area contributed by atoms with Gasteiger partial charge in [-0.1, -0.05) is 29.8 Å². The average molecular weight is 249 g/mol. The molecular formula is C15H23NO2. The van der Waals surface area contributed by atoms with Gasteiger partial charge < -0.3 is 10.1 Å². The van der Waals surface area contributed by atoms with Crippen molar-refractivity contribution < 1.29 is 9.53 Å². The van der Waals surface area contributed by atoms with Crippen molar-refractivity contribution in [3.63, 3.8) is 0 Å². The second-order valence-electron chi connectivity index (χ2n) is 5.14. The number of hydrogen-bond donors (Lipinski definition) is 1. The van der Waals surface area contributed by atoms with Gasteiger partial charge in [-0.25, -0.2) is 0 Å². The predicted molar refractivity (Wildman–Crippen MR) is 73.5 cm³/mol. The lowest BCUT2D eigenvalue weighted by molar-refractivity contribution is -0.123. The smallest absolute Gasteiger partial charge is 0.220 e. The molecule has 1 aromatic rings. The van der Waals surface area contributed by atoms with E-state index in [1.165, 1.54) is 5.56 Å². The predicted octanol–water partition coefficient (Wildman–Crippen LogP) is 2.77. The summed E-state index contributed by atoms with van der Waals surface area (Å²) in [5.41, 5.74) is 1.99. The van der Waals surface area contributed by atoms with Crippen LogP contribution < -0.4 is 5.32 Å². The molecule has 0 aliphatic rings. The van der Waals surface area contributed by atoms with Crippen LogP contribution in [0.3, 0.4) is 0 Å². The summed E-state index contributed by atoms with van der Waals surface area (Å²) in [5.74, 6) is 0.0681. The van der Waals surface area contributed by atoms with Crippen molar-refractivity contribution in [2.75, 3.05) is 13.7 Å². The molecule has 1 rings (SSSR count). The molecule has 3 nitrogen and oxygen atoms in total. The third kappa shape index (κ3) is 4.49. The molecule has 0 heterocycles. The summed E-state index contributed by atoms with van der Waals surface area (Å²) < 4.78 is 4.94. The highest BCUT2D eigenvalue weighted by molar-refractivity contribution is 5.76. The average Bonchev–Trinajstić information content (AvgIpc) is 2.28. The van der Waals surface area contributed by atoms with Crippen LogP contribution >= 0.6 is 0 Å². The van der Waals surface area contributed by atoms with E-state index < -0.39 is 0 Å². The minimum absolute atomic E-state index is 0.0681. The van der Waals surface area contributed by atoms with Gasteiger partial charge in [-0.3, -0.25) is 4.79 Å². The standard InChI is InChI=1S/C15H23NO2/c1-12-7-5-8-13(11-12)15(2,3)16-14(17)9-6-10-18-4/h5,7-8,11H,6,9-10H2,1-4H3,(H,16,17). The number of ether oxygens (including phenoxy) is 1. The molecule has 3 heteroatoms. The molecule has 0 atom stereocenters. The van der Waals surface area contributed by atoms with Crippen LogP contribution in [0.4, 0.5) is 0 Å². The largest absolute Gasteiger partial charge is 0.385 e. The molecule has 18 heavy (non-hydrogen) atoms. The maximum atomic E-state index is 11.8. The van der Waals surface area contributed by atoms with Gasteiger partial charge in [0.25, 0.3) is 0 Å². The minimum Gasteiger partial charge on any atom is -0.385 e. The number of carbonyl (C=O) groups excluding carboxylic acids is 1. The van der Waals surface area contributed by atoms with Gasteiger partial charge in [-0.05, 0) is 32.8 Å². The monoisotopic (exact) mass is 249 g/mol. The van der Waals surface area contributed by atoms with Crippen LogP contribution in [-0.4, -0.2) is 19.6 Å². The fraction of sp³-hybridized carbons (Fsp3) is 0.533. The van der Waals surface area contributed by atoms with E-state index in [1.54, 1.807) is 7.11 Å². The third-order valence-corrected chi connectivity index (χ3v) is 2.94. The first-order valence-corrected chi connectivity index (χ1v) is 6.33. The lowest BCUT2D eigenvalue weighted by atomic mass is 9.93. The van der Waals surface area contributed by atoms with Crippen molar-refractivity contribution in [2.24, 2.45) is 0 Å². The Morgan fingerprint density at radius 3 is 2.72 bits per heavy atom. The second-order valence-corrected chi connectivity index (χ2v) is 5.14. The Hall–Kier alpha value is -1.35. The zero-order chi connectivity index (χ0) is 13.6. The SMILES string of the molecule is COCCCC(=O)NC(C)(C)c1cccc(C)c1. The minimum atomic E-state index is -0.337. The Labute approximate surface area is 110 Å². The molecule has 0 aromatic heterocycles. The highest BCUT2D eigenvalue weighted by atomic mass is 16.5. The summed E-state index contributed by atoms with van der Waals surface area (Å²) in [6.45, 7) is 6.73. The molecule has 0 aliphatic carbocycles. The summed E-state index contributed by atoms with van der Waals surface area (Å²) in [6.07, 6.45) is 1.26. The number of amides is 1. The number of nitrogens with one attached hydrogen (secondary N) is 1. The van der Waals surface area contributed by atoms with Crippen LogP contribution in [0.25, 0.3) is 0 Å². The number of carbonyl (C=O) groups is 1. The molecule has 0 aliphatic heterocycles. The van der Waals surface area contributed by atoms with Crippen molar-refractivity contribution in [2.45, 2.75) is 39.2 Å². The van der Waals surface area contributed by atoms with Gasteiger partial charge in [0.05, 0.1) is 5.54 Å². The zero-order valence-corrected chi connectivity index (χ0v) is 11.7. The van der Waals surface area contributed by atoms with Crippen LogP contribution in [-0.2, 0) is 15.1 Å². The van der Waals surface area contributed by atoms with E-state index in [2.05, 4.69) is 24.4 Å². The van der Waals surface area contributed by atoms with Crippen LogP contribution in [0, 0.1) is 6.92 Å². The highest BCUT2D eigenvalue weighted by Crippen LogP contribution is 2.21. The fourth-order valence-electron chi connectivity index (χ4n) is 1.89. The van der Waals surface area contributed by atoms with Crippen molar-refractivity contribution in [3.8, 4) is 0 Å². The Balaban J connectivity index is 2.61. The molecule has 1 aromatic carbocycles. The lowest BCUT2D eigenvalue weighted by Gasteiger charge is -2.27. The summed E-state index contributed by atoms with van der Waals surface area (Å²) in [5, 5.41) is 3.06. The van der Waals surface area contributed by atoms with Gasteiger partial charge in [0.15, 0.2) is 0 Å². The van der Waals surface area contributed by atoms with Gasteiger partial charge in [-0.15, -0.1) is 0 Å². The third-order valence-electron chi connectivity index (χ3n) is 2.94. The number of methoxy groups -OCH3 is 1. The topological polar surface area (TPSA) is 38.3 Å². The van der Waals surface area contributed by atoms with E-state index >= 15 is 0 Å². The maximum absolute atomic E-state index is 11.8. The normalized spacial score (nSPS) is 11.3.